The minimum atomic E-state index is 0.256. The first-order valence-electron chi connectivity index (χ1n) is 5.58. The van der Waals surface area contributed by atoms with E-state index in [9.17, 15) is 0 Å². The molecule has 0 bridgehead atoms. The molecule has 16 heavy (non-hydrogen) atoms. The van der Waals surface area contributed by atoms with Gasteiger partial charge in [-0.1, -0.05) is 13.8 Å². The summed E-state index contributed by atoms with van der Waals surface area (Å²) in [7, 11) is 0. The second-order valence-corrected chi connectivity index (χ2v) is 6.64. The van der Waals surface area contributed by atoms with Crippen LogP contribution in [-0.2, 0) is 6.54 Å². The van der Waals surface area contributed by atoms with Crippen LogP contribution in [0.2, 0.25) is 0 Å². The van der Waals surface area contributed by atoms with Crippen LogP contribution in [-0.4, -0.2) is 18.3 Å². The van der Waals surface area contributed by atoms with Gasteiger partial charge in [-0.15, -0.1) is 11.3 Å². The quantitative estimate of drug-likeness (QED) is 0.809. The van der Waals surface area contributed by atoms with E-state index < -0.39 is 0 Å². The smallest absolute Gasteiger partial charge is 0.0431 e. The van der Waals surface area contributed by atoms with Gasteiger partial charge in [0.2, 0.25) is 0 Å². The summed E-state index contributed by atoms with van der Waals surface area (Å²) in [5.74, 6) is 0. The first kappa shape index (κ1) is 14.2. The highest BCUT2D eigenvalue weighted by Crippen LogP contribution is 2.24. The Labute approximate surface area is 110 Å². The molecule has 0 fully saturated rings. The molecule has 0 atom stereocenters. The zero-order valence-electron chi connectivity index (χ0n) is 9.92. The largest absolute Gasteiger partial charge is 0.396 e. The number of halogens is 1. The van der Waals surface area contributed by atoms with Crippen molar-refractivity contribution in [3.05, 3.63) is 20.8 Å². The standard InChI is InChI=1S/C12H20BrNOS/c1-12(2,5-3-6-15)9-14-8-11-10(13)4-7-16-11/h4,7,14-15H,3,5-6,8-9H2,1-2H3. The average Bonchev–Trinajstić information content (AvgIpc) is 2.62. The maximum atomic E-state index is 8.82. The zero-order valence-corrected chi connectivity index (χ0v) is 12.3. The fraction of sp³-hybridized carbons (Fsp3) is 0.667. The van der Waals surface area contributed by atoms with Crippen molar-refractivity contribution in [3.8, 4) is 0 Å². The molecule has 0 unspecified atom stereocenters. The van der Waals surface area contributed by atoms with Gasteiger partial charge in [0, 0.05) is 29.0 Å². The van der Waals surface area contributed by atoms with Crippen molar-refractivity contribution < 1.29 is 5.11 Å². The lowest BCUT2D eigenvalue weighted by atomic mass is 9.88. The Morgan fingerprint density at radius 2 is 2.25 bits per heavy atom. The van der Waals surface area contributed by atoms with Crippen molar-refractivity contribution in [2.45, 2.75) is 33.2 Å². The minimum Gasteiger partial charge on any atom is -0.396 e. The van der Waals surface area contributed by atoms with Crippen LogP contribution in [0.3, 0.4) is 0 Å². The molecule has 0 aliphatic carbocycles. The summed E-state index contributed by atoms with van der Waals surface area (Å²) in [6.07, 6.45) is 1.94. The minimum absolute atomic E-state index is 0.256. The first-order chi connectivity index (χ1) is 7.55. The van der Waals surface area contributed by atoms with E-state index in [-0.39, 0.29) is 5.41 Å². The van der Waals surface area contributed by atoms with Gasteiger partial charge in [0.25, 0.3) is 0 Å². The molecule has 1 aromatic heterocycles. The SMILES string of the molecule is CC(C)(CCCO)CNCc1sccc1Br. The second kappa shape index (κ2) is 6.74. The lowest BCUT2D eigenvalue weighted by Gasteiger charge is -2.24. The molecule has 4 heteroatoms. The summed E-state index contributed by atoms with van der Waals surface area (Å²) in [5, 5.41) is 14.4. The lowest BCUT2D eigenvalue weighted by molar-refractivity contribution is 0.236. The highest BCUT2D eigenvalue weighted by molar-refractivity contribution is 9.10. The van der Waals surface area contributed by atoms with Crippen LogP contribution in [0, 0.1) is 5.41 Å². The Hall–Kier alpha value is 0.100. The van der Waals surface area contributed by atoms with Crippen molar-refractivity contribution >= 4 is 27.3 Å². The predicted octanol–water partition coefficient (Wildman–Crippen LogP) is 3.40. The number of hydrogen-bond donors (Lipinski definition) is 2. The van der Waals surface area contributed by atoms with Gasteiger partial charge in [0.15, 0.2) is 0 Å². The Morgan fingerprint density at radius 1 is 1.50 bits per heavy atom. The monoisotopic (exact) mass is 305 g/mol. The van der Waals surface area contributed by atoms with Gasteiger partial charge >= 0.3 is 0 Å². The highest BCUT2D eigenvalue weighted by atomic mass is 79.9. The second-order valence-electron chi connectivity index (χ2n) is 4.79. The Bertz CT molecular complexity index is 312. The molecular weight excluding hydrogens is 286 g/mol. The molecule has 1 rings (SSSR count). The van der Waals surface area contributed by atoms with Gasteiger partial charge in [0.05, 0.1) is 0 Å². The molecule has 0 saturated carbocycles. The van der Waals surface area contributed by atoms with Crippen molar-refractivity contribution in [3.63, 3.8) is 0 Å². The van der Waals surface area contributed by atoms with Crippen LogP contribution in [0.1, 0.15) is 31.6 Å². The lowest BCUT2D eigenvalue weighted by Crippen LogP contribution is -2.29. The predicted molar refractivity (Wildman–Crippen MR) is 73.8 cm³/mol. The van der Waals surface area contributed by atoms with E-state index in [0.29, 0.717) is 6.61 Å². The molecule has 0 radical (unpaired) electrons. The summed E-state index contributed by atoms with van der Waals surface area (Å²) < 4.78 is 1.19. The number of rotatable bonds is 7. The molecule has 0 amide bonds. The summed E-state index contributed by atoms with van der Waals surface area (Å²) >= 11 is 5.29. The van der Waals surface area contributed by atoms with Crippen LogP contribution in [0.25, 0.3) is 0 Å². The highest BCUT2D eigenvalue weighted by Gasteiger charge is 2.16. The Morgan fingerprint density at radius 3 is 2.81 bits per heavy atom. The third-order valence-electron chi connectivity index (χ3n) is 2.59. The third-order valence-corrected chi connectivity index (χ3v) is 4.52. The molecule has 2 nitrogen and oxygen atoms in total. The van der Waals surface area contributed by atoms with Crippen molar-refractivity contribution in [1.82, 2.24) is 5.32 Å². The first-order valence-corrected chi connectivity index (χ1v) is 7.26. The Balaban J connectivity index is 2.27. The molecule has 0 aromatic carbocycles. The van der Waals surface area contributed by atoms with Crippen LogP contribution < -0.4 is 5.32 Å². The van der Waals surface area contributed by atoms with E-state index in [4.69, 9.17) is 5.11 Å². The van der Waals surface area contributed by atoms with E-state index in [1.54, 1.807) is 11.3 Å². The van der Waals surface area contributed by atoms with E-state index in [2.05, 4.69) is 46.5 Å². The van der Waals surface area contributed by atoms with Crippen molar-refractivity contribution in [1.29, 1.82) is 0 Å². The molecule has 1 aromatic rings. The maximum Gasteiger partial charge on any atom is 0.0431 e. The van der Waals surface area contributed by atoms with E-state index in [1.165, 1.54) is 9.35 Å². The van der Waals surface area contributed by atoms with Gasteiger partial charge in [-0.25, -0.2) is 0 Å². The third kappa shape index (κ3) is 4.95. The van der Waals surface area contributed by atoms with Crippen molar-refractivity contribution in [2.24, 2.45) is 5.41 Å². The number of aliphatic hydroxyl groups is 1. The molecule has 0 spiro atoms. The summed E-state index contributed by atoms with van der Waals surface area (Å²) in [5.41, 5.74) is 0.256. The molecule has 0 saturated heterocycles. The fourth-order valence-corrected chi connectivity index (χ4v) is 3.07. The van der Waals surface area contributed by atoms with Gasteiger partial charge in [-0.05, 0) is 45.6 Å². The molecule has 0 aliphatic rings. The van der Waals surface area contributed by atoms with E-state index in [0.717, 1.165) is 25.9 Å². The summed E-state index contributed by atoms with van der Waals surface area (Å²) in [6.45, 7) is 6.66. The maximum absolute atomic E-state index is 8.82. The van der Waals surface area contributed by atoms with Gasteiger partial charge in [-0.2, -0.15) is 0 Å². The normalized spacial score (nSPS) is 12.0. The molecular formula is C12H20BrNOS. The van der Waals surface area contributed by atoms with E-state index in [1.807, 2.05) is 0 Å². The number of hydrogen-bond acceptors (Lipinski definition) is 3. The van der Waals surface area contributed by atoms with Crippen LogP contribution in [0.5, 0.6) is 0 Å². The number of thiophene rings is 1. The van der Waals surface area contributed by atoms with Crippen LogP contribution >= 0.6 is 27.3 Å². The number of aliphatic hydroxyl groups excluding tert-OH is 1. The van der Waals surface area contributed by atoms with E-state index >= 15 is 0 Å². The molecule has 92 valence electrons. The fourth-order valence-electron chi connectivity index (χ4n) is 1.61. The van der Waals surface area contributed by atoms with Crippen LogP contribution in [0.15, 0.2) is 15.9 Å². The Kier molecular flexibility index (Phi) is 5.97. The summed E-state index contributed by atoms with van der Waals surface area (Å²) in [6, 6.07) is 2.08. The van der Waals surface area contributed by atoms with Gasteiger partial charge < -0.3 is 10.4 Å². The molecule has 2 N–H and O–H groups in total. The average molecular weight is 306 g/mol. The van der Waals surface area contributed by atoms with Gasteiger partial charge in [0.1, 0.15) is 0 Å². The molecule has 1 heterocycles. The topological polar surface area (TPSA) is 32.3 Å². The number of nitrogens with one attached hydrogen (secondary N) is 1. The van der Waals surface area contributed by atoms with Crippen molar-refractivity contribution in [2.75, 3.05) is 13.2 Å². The summed E-state index contributed by atoms with van der Waals surface area (Å²) in [4.78, 5) is 1.35. The van der Waals surface area contributed by atoms with Crippen LogP contribution in [0.4, 0.5) is 0 Å². The zero-order chi connectivity index (χ0) is 12.0. The molecule has 0 aliphatic heterocycles. The van der Waals surface area contributed by atoms with Gasteiger partial charge in [-0.3, -0.25) is 0 Å².